The Hall–Kier alpha value is -1.59. The number of carbonyl (C=O) groups excluding carboxylic acids is 3. The molecular weight excluding hydrogens is 204 g/mol. The highest BCUT2D eigenvalue weighted by Gasteiger charge is 2.47. The minimum absolute atomic E-state index is 0. The first kappa shape index (κ1) is 18.2. The SMILES string of the molecule is O.O.O.O=C1NC(=O)C(O)(O)C(=O)N1. The molecule has 0 saturated carbocycles. The van der Waals surface area contributed by atoms with Gasteiger partial charge in [0.1, 0.15) is 0 Å². The predicted octanol–water partition coefficient (Wildman–Crippen LogP) is -5.44. The standard InChI is InChI=1S/C4H4N2O5.3H2O/c7-1-4(10,11)2(8)6-3(9)5-1;;;/h10-11H,(H2,5,6,7,8,9);3*1H2. The van der Waals surface area contributed by atoms with Gasteiger partial charge in [-0.25, -0.2) is 4.79 Å². The summed E-state index contributed by atoms with van der Waals surface area (Å²) >= 11 is 0. The lowest BCUT2D eigenvalue weighted by molar-refractivity contribution is -0.193. The fourth-order valence-electron chi connectivity index (χ4n) is 0.515. The van der Waals surface area contributed by atoms with Crippen LogP contribution in [-0.2, 0) is 9.59 Å². The smallest absolute Gasteiger partial charge is 0.328 e. The van der Waals surface area contributed by atoms with Gasteiger partial charge < -0.3 is 26.6 Å². The molecule has 0 aliphatic carbocycles. The van der Waals surface area contributed by atoms with Gasteiger partial charge in [0.05, 0.1) is 0 Å². The second-order valence-corrected chi connectivity index (χ2v) is 1.91. The molecule has 10 N–H and O–H groups in total. The summed E-state index contributed by atoms with van der Waals surface area (Å²) in [5, 5.41) is 20.2. The molecule has 10 heteroatoms. The summed E-state index contributed by atoms with van der Waals surface area (Å²) in [7, 11) is 0. The Balaban J connectivity index is -0.000000403. The lowest BCUT2D eigenvalue weighted by atomic mass is 10.2. The van der Waals surface area contributed by atoms with Crippen molar-refractivity contribution in [1.82, 2.24) is 10.6 Å². The number of urea groups is 1. The first-order valence-electron chi connectivity index (χ1n) is 2.56. The van der Waals surface area contributed by atoms with Crippen LogP contribution in [0.2, 0.25) is 0 Å². The van der Waals surface area contributed by atoms with Crippen LogP contribution >= 0.6 is 0 Å². The summed E-state index contributed by atoms with van der Waals surface area (Å²) in [4.78, 5) is 31.2. The summed E-state index contributed by atoms with van der Waals surface area (Å²) in [6.45, 7) is 0. The van der Waals surface area contributed by atoms with E-state index in [0.29, 0.717) is 0 Å². The van der Waals surface area contributed by atoms with E-state index in [1.165, 1.54) is 10.6 Å². The Morgan fingerprint density at radius 3 is 1.43 bits per heavy atom. The molecule has 84 valence electrons. The molecule has 14 heavy (non-hydrogen) atoms. The van der Waals surface area contributed by atoms with E-state index < -0.39 is 23.6 Å². The summed E-state index contributed by atoms with van der Waals surface area (Å²) in [5.41, 5.74) is 0. The van der Waals surface area contributed by atoms with Gasteiger partial charge in [-0.15, -0.1) is 0 Å². The van der Waals surface area contributed by atoms with E-state index >= 15 is 0 Å². The Bertz CT molecular complexity index is 226. The normalized spacial score (nSPS) is 17.7. The van der Waals surface area contributed by atoms with Gasteiger partial charge in [-0.3, -0.25) is 20.2 Å². The molecule has 0 radical (unpaired) electrons. The monoisotopic (exact) mass is 214 g/mol. The third-order valence-electron chi connectivity index (χ3n) is 1.09. The predicted molar refractivity (Wildman–Crippen MR) is 39.7 cm³/mol. The fraction of sp³-hybridized carbons (Fsp3) is 0.250. The van der Waals surface area contributed by atoms with Crippen molar-refractivity contribution in [3.8, 4) is 0 Å². The summed E-state index contributed by atoms with van der Waals surface area (Å²) < 4.78 is 0. The maximum absolute atomic E-state index is 10.4. The minimum atomic E-state index is -3.14. The van der Waals surface area contributed by atoms with Crippen LogP contribution in [0.15, 0.2) is 0 Å². The van der Waals surface area contributed by atoms with Crippen molar-refractivity contribution < 1.29 is 41.0 Å². The number of hydrogen-bond acceptors (Lipinski definition) is 5. The molecule has 10 nitrogen and oxygen atoms in total. The van der Waals surface area contributed by atoms with E-state index in [2.05, 4.69) is 0 Å². The minimum Gasteiger partial charge on any atom is -0.412 e. The summed E-state index contributed by atoms with van der Waals surface area (Å²) in [6, 6.07) is -1.07. The molecule has 0 atom stereocenters. The molecule has 1 aliphatic heterocycles. The Labute approximate surface area is 76.4 Å². The van der Waals surface area contributed by atoms with Crippen LogP contribution in [0.5, 0.6) is 0 Å². The van der Waals surface area contributed by atoms with Crippen LogP contribution in [0.3, 0.4) is 0 Å². The molecular formula is C4H10N2O8. The van der Waals surface area contributed by atoms with Crippen LogP contribution in [0.25, 0.3) is 0 Å². The molecule has 1 saturated heterocycles. The van der Waals surface area contributed by atoms with Crippen molar-refractivity contribution in [2.45, 2.75) is 5.79 Å². The van der Waals surface area contributed by atoms with E-state index in [1.807, 2.05) is 0 Å². The third kappa shape index (κ3) is 2.72. The zero-order valence-electron chi connectivity index (χ0n) is 6.62. The molecule has 0 unspecified atom stereocenters. The van der Waals surface area contributed by atoms with Gasteiger partial charge >= 0.3 is 11.8 Å². The van der Waals surface area contributed by atoms with Crippen LogP contribution in [0.1, 0.15) is 0 Å². The molecule has 0 spiro atoms. The Kier molecular flexibility index (Phi) is 6.79. The highest BCUT2D eigenvalue weighted by atomic mass is 16.5. The summed E-state index contributed by atoms with van der Waals surface area (Å²) in [5.74, 6) is -6.05. The van der Waals surface area contributed by atoms with E-state index in [4.69, 9.17) is 10.2 Å². The molecule has 4 amide bonds. The van der Waals surface area contributed by atoms with Crippen LogP contribution in [0, 0.1) is 0 Å². The molecule has 1 rings (SSSR count). The Morgan fingerprint density at radius 2 is 1.14 bits per heavy atom. The maximum atomic E-state index is 10.4. The van der Waals surface area contributed by atoms with E-state index in [1.54, 1.807) is 0 Å². The first-order chi connectivity index (χ1) is 4.94. The zero-order valence-corrected chi connectivity index (χ0v) is 6.62. The van der Waals surface area contributed by atoms with Gasteiger partial charge in [0, 0.05) is 0 Å². The number of hydrogen-bond donors (Lipinski definition) is 4. The topological polar surface area (TPSA) is 210 Å². The van der Waals surface area contributed by atoms with Crippen molar-refractivity contribution in [3.05, 3.63) is 0 Å². The highest BCUT2D eigenvalue weighted by Crippen LogP contribution is 2.02. The van der Waals surface area contributed by atoms with Gasteiger partial charge in [-0.05, 0) is 0 Å². The number of nitrogens with one attached hydrogen (secondary N) is 2. The molecule has 1 aliphatic rings. The average molecular weight is 214 g/mol. The highest BCUT2D eigenvalue weighted by molar-refractivity contribution is 6.19. The number of aliphatic hydroxyl groups is 2. The van der Waals surface area contributed by atoms with E-state index in [9.17, 15) is 14.4 Å². The van der Waals surface area contributed by atoms with Crippen LogP contribution in [0.4, 0.5) is 4.79 Å². The fourth-order valence-corrected chi connectivity index (χ4v) is 0.515. The largest absolute Gasteiger partial charge is 0.412 e. The number of rotatable bonds is 0. The first-order valence-corrected chi connectivity index (χ1v) is 2.56. The van der Waals surface area contributed by atoms with E-state index in [-0.39, 0.29) is 16.4 Å². The van der Waals surface area contributed by atoms with Gasteiger partial charge in [0.2, 0.25) is 0 Å². The van der Waals surface area contributed by atoms with Gasteiger partial charge in [0.15, 0.2) is 0 Å². The van der Waals surface area contributed by atoms with Gasteiger partial charge in [0.25, 0.3) is 11.8 Å². The van der Waals surface area contributed by atoms with Gasteiger partial charge in [-0.2, -0.15) is 0 Å². The lowest BCUT2D eigenvalue weighted by Crippen LogP contribution is -2.66. The van der Waals surface area contributed by atoms with Crippen molar-refractivity contribution in [2.24, 2.45) is 0 Å². The molecule has 0 aromatic heterocycles. The molecule has 0 aromatic rings. The van der Waals surface area contributed by atoms with E-state index in [0.717, 1.165) is 0 Å². The number of imide groups is 2. The number of amides is 4. The van der Waals surface area contributed by atoms with Crippen LogP contribution in [-0.4, -0.2) is 50.3 Å². The quantitative estimate of drug-likeness (QED) is 0.229. The van der Waals surface area contributed by atoms with Crippen molar-refractivity contribution in [3.63, 3.8) is 0 Å². The Morgan fingerprint density at radius 1 is 0.857 bits per heavy atom. The molecule has 1 heterocycles. The number of carbonyl (C=O) groups is 3. The van der Waals surface area contributed by atoms with Crippen molar-refractivity contribution in [1.29, 1.82) is 0 Å². The molecule has 0 bridgehead atoms. The second kappa shape index (κ2) is 5.21. The summed E-state index contributed by atoms with van der Waals surface area (Å²) in [6.07, 6.45) is 0. The second-order valence-electron chi connectivity index (χ2n) is 1.91. The van der Waals surface area contributed by atoms with Gasteiger partial charge in [-0.1, -0.05) is 0 Å². The zero-order chi connectivity index (χ0) is 8.65. The maximum Gasteiger partial charge on any atom is 0.328 e. The molecule has 0 aromatic carbocycles. The molecule has 1 fully saturated rings. The lowest BCUT2D eigenvalue weighted by Gasteiger charge is -2.22. The van der Waals surface area contributed by atoms with Crippen molar-refractivity contribution in [2.75, 3.05) is 0 Å². The van der Waals surface area contributed by atoms with Crippen LogP contribution < -0.4 is 10.6 Å². The number of barbiturate groups is 1. The third-order valence-corrected chi connectivity index (χ3v) is 1.09. The van der Waals surface area contributed by atoms with Crippen molar-refractivity contribution >= 4 is 17.8 Å². The average Bonchev–Trinajstić information content (AvgIpc) is 1.84.